The number of hydrogen-bond acceptors (Lipinski definition) is 8. The second-order valence-electron chi connectivity index (χ2n) is 9.86. The number of thioether (sulfide) groups is 1. The number of carbonyl (C=O) groups excluding carboxylic acids is 2. The zero-order chi connectivity index (χ0) is 28.1. The van der Waals surface area contributed by atoms with Crippen molar-refractivity contribution in [2.45, 2.75) is 82.0 Å². The van der Waals surface area contributed by atoms with Crippen LogP contribution in [0.5, 0.6) is 0 Å². The number of carboxylic acids is 1. The summed E-state index contributed by atoms with van der Waals surface area (Å²) in [7, 11) is 0. The molecule has 0 aromatic rings. The molecule has 11 nitrogen and oxygen atoms in total. The van der Waals surface area contributed by atoms with E-state index in [4.69, 9.17) is 24.1 Å². The average Bonchev–Trinajstić information content (AvgIpc) is 3.44. The van der Waals surface area contributed by atoms with Crippen molar-refractivity contribution in [3.8, 4) is 0 Å². The Hall–Kier alpha value is -1.60. The van der Waals surface area contributed by atoms with Gasteiger partial charge in [-0.3, -0.25) is 9.59 Å². The minimum absolute atomic E-state index is 0.00528. The maximum absolute atomic E-state index is 12.4. The van der Waals surface area contributed by atoms with Gasteiger partial charge in [-0.05, 0) is 19.3 Å². The number of carboxylic acid groups (broad SMARTS) is 1. The molecule has 0 spiro atoms. The topological polar surface area (TPSA) is 136 Å². The number of hydrogen-bond donors (Lipinski definition) is 3. The molecule has 0 saturated carbocycles. The van der Waals surface area contributed by atoms with Crippen LogP contribution in [0.4, 0.5) is 4.79 Å². The molecule has 0 aromatic carbocycles. The fourth-order valence-electron chi connectivity index (χ4n) is 4.72. The van der Waals surface area contributed by atoms with E-state index in [9.17, 15) is 14.4 Å². The highest BCUT2D eigenvalue weighted by atomic mass is 32.2. The molecule has 3 N–H and O–H groups in total. The van der Waals surface area contributed by atoms with Crippen LogP contribution >= 0.6 is 11.8 Å². The van der Waals surface area contributed by atoms with E-state index in [1.807, 2.05) is 11.8 Å². The lowest BCUT2D eigenvalue weighted by Gasteiger charge is -2.27. The third kappa shape index (κ3) is 14.6. The molecule has 226 valence electrons. The van der Waals surface area contributed by atoms with Crippen LogP contribution in [0.1, 0.15) is 64.7 Å². The number of urea groups is 1. The van der Waals surface area contributed by atoms with Crippen LogP contribution in [-0.4, -0.2) is 117 Å². The smallest absolute Gasteiger partial charge is 0.318 e. The normalized spacial score (nSPS) is 20.3. The van der Waals surface area contributed by atoms with E-state index in [0.29, 0.717) is 70.5 Å². The Morgan fingerprint density at radius 2 is 1.59 bits per heavy atom. The van der Waals surface area contributed by atoms with Gasteiger partial charge in [0.15, 0.2) is 0 Å². The van der Waals surface area contributed by atoms with E-state index in [0.717, 1.165) is 38.0 Å². The van der Waals surface area contributed by atoms with E-state index < -0.39 is 5.97 Å². The van der Waals surface area contributed by atoms with Gasteiger partial charge in [0.25, 0.3) is 0 Å². The lowest BCUT2D eigenvalue weighted by atomic mass is 10.0. The number of fused-ring (bicyclic) bond motifs is 1. The first-order valence-electron chi connectivity index (χ1n) is 14.5. The minimum Gasteiger partial charge on any atom is -0.481 e. The summed E-state index contributed by atoms with van der Waals surface area (Å²) in [6.07, 6.45) is 8.05. The fourth-order valence-corrected chi connectivity index (χ4v) is 6.32. The van der Waals surface area contributed by atoms with Crippen LogP contribution in [0.3, 0.4) is 0 Å². The molecule has 2 aliphatic heterocycles. The van der Waals surface area contributed by atoms with Gasteiger partial charge < -0.3 is 39.6 Å². The number of ether oxygens (including phenoxy) is 4. The summed E-state index contributed by atoms with van der Waals surface area (Å²) in [6.45, 7) is 6.69. The predicted molar refractivity (Wildman–Crippen MR) is 150 cm³/mol. The molecule has 0 aromatic heterocycles. The molecule has 2 heterocycles. The van der Waals surface area contributed by atoms with Crippen molar-refractivity contribution < 1.29 is 38.4 Å². The van der Waals surface area contributed by atoms with Gasteiger partial charge in [0.1, 0.15) is 0 Å². The van der Waals surface area contributed by atoms with Gasteiger partial charge in [-0.1, -0.05) is 32.6 Å². The first-order chi connectivity index (χ1) is 19.0. The molecule has 2 aliphatic rings. The van der Waals surface area contributed by atoms with Crippen LogP contribution in [-0.2, 0) is 28.5 Å². The highest BCUT2D eigenvalue weighted by Gasteiger charge is 2.47. The SMILES string of the molecule is CCCCCCN1C(=O)NC2CS[C@@H](CCCCC(=O)NCCOCCOCCOCCOCCC(=O)O)C21. The maximum atomic E-state index is 12.4. The van der Waals surface area contributed by atoms with Crippen LogP contribution in [0.2, 0.25) is 0 Å². The summed E-state index contributed by atoms with van der Waals surface area (Å²) in [4.78, 5) is 37.0. The van der Waals surface area contributed by atoms with Gasteiger partial charge >= 0.3 is 12.0 Å². The second-order valence-corrected chi connectivity index (χ2v) is 11.1. The molecule has 0 aliphatic carbocycles. The Kier molecular flexibility index (Phi) is 18.3. The Balaban J connectivity index is 1.38. The molecule has 0 radical (unpaired) electrons. The molecule has 3 atom stereocenters. The Labute approximate surface area is 237 Å². The van der Waals surface area contributed by atoms with Crippen molar-refractivity contribution in [2.24, 2.45) is 0 Å². The van der Waals surface area contributed by atoms with Crippen molar-refractivity contribution in [3.05, 3.63) is 0 Å². The second kappa shape index (κ2) is 21.2. The van der Waals surface area contributed by atoms with Crippen molar-refractivity contribution in [1.29, 1.82) is 0 Å². The fraction of sp³-hybridized carbons (Fsp3) is 0.889. The van der Waals surface area contributed by atoms with Crippen LogP contribution < -0.4 is 10.6 Å². The number of nitrogens with one attached hydrogen (secondary N) is 2. The van der Waals surface area contributed by atoms with Crippen molar-refractivity contribution in [1.82, 2.24) is 15.5 Å². The summed E-state index contributed by atoms with van der Waals surface area (Å²) in [5, 5.41) is 15.0. The van der Waals surface area contributed by atoms with Gasteiger partial charge in [0.05, 0.1) is 71.4 Å². The molecular weight excluding hydrogens is 526 g/mol. The molecular formula is C27H49N3O8S. The molecule has 2 rings (SSSR count). The summed E-state index contributed by atoms with van der Waals surface area (Å²) in [5.41, 5.74) is 0. The van der Waals surface area contributed by atoms with E-state index in [1.54, 1.807) is 0 Å². The predicted octanol–water partition coefficient (Wildman–Crippen LogP) is 2.66. The standard InChI is InChI=1S/C27H49N3O8S/c1-2-3-4-7-12-30-26-22(29-27(30)34)21-39-23(26)8-5-6-9-24(31)28-11-14-36-16-18-38-20-19-37-17-15-35-13-10-25(32)33/h22-23,26H,2-21H2,1H3,(H,28,31)(H,29,34)(H,32,33)/t22?,23-,26?/m0/s1. The lowest BCUT2D eigenvalue weighted by molar-refractivity contribution is -0.138. The Morgan fingerprint density at radius 3 is 2.26 bits per heavy atom. The Bertz CT molecular complexity index is 702. The molecule has 3 amide bonds. The highest BCUT2D eigenvalue weighted by molar-refractivity contribution is 8.00. The summed E-state index contributed by atoms with van der Waals surface area (Å²) < 4.78 is 21.3. The number of amides is 3. The molecule has 12 heteroatoms. The first kappa shape index (κ1) is 33.6. The van der Waals surface area contributed by atoms with Crippen LogP contribution in [0.25, 0.3) is 0 Å². The maximum Gasteiger partial charge on any atom is 0.318 e. The van der Waals surface area contributed by atoms with Crippen LogP contribution in [0.15, 0.2) is 0 Å². The molecule has 2 unspecified atom stereocenters. The van der Waals surface area contributed by atoms with E-state index in [2.05, 4.69) is 22.5 Å². The average molecular weight is 576 g/mol. The number of carbonyl (C=O) groups is 3. The third-order valence-corrected chi connectivity index (χ3v) is 8.25. The molecule has 2 fully saturated rings. The highest BCUT2D eigenvalue weighted by Crippen LogP contribution is 2.37. The molecule has 0 bridgehead atoms. The van der Waals surface area contributed by atoms with E-state index in [1.165, 1.54) is 19.3 Å². The van der Waals surface area contributed by atoms with Gasteiger partial charge in [-0.15, -0.1) is 0 Å². The molecule has 39 heavy (non-hydrogen) atoms. The van der Waals surface area contributed by atoms with E-state index in [-0.39, 0.29) is 31.0 Å². The number of aliphatic carboxylic acids is 1. The summed E-state index contributed by atoms with van der Waals surface area (Å²) >= 11 is 1.96. The zero-order valence-electron chi connectivity index (χ0n) is 23.5. The van der Waals surface area contributed by atoms with Gasteiger partial charge in [0, 0.05) is 30.5 Å². The van der Waals surface area contributed by atoms with Crippen molar-refractivity contribution >= 4 is 29.7 Å². The van der Waals surface area contributed by atoms with Crippen LogP contribution in [0, 0.1) is 0 Å². The Morgan fingerprint density at radius 1 is 0.923 bits per heavy atom. The molecule has 2 saturated heterocycles. The number of nitrogens with zero attached hydrogens (tertiary/aromatic N) is 1. The minimum atomic E-state index is -0.876. The van der Waals surface area contributed by atoms with Crippen molar-refractivity contribution in [2.75, 3.05) is 71.7 Å². The van der Waals surface area contributed by atoms with Gasteiger partial charge in [0.2, 0.25) is 5.91 Å². The van der Waals surface area contributed by atoms with E-state index >= 15 is 0 Å². The van der Waals surface area contributed by atoms with Gasteiger partial charge in [-0.2, -0.15) is 11.8 Å². The summed E-state index contributed by atoms with van der Waals surface area (Å²) in [5.74, 6) is 0.156. The lowest BCUT2D eigenvalue weighted by Crippen LogP contribution is -2.41. The first-order valence-corrected chi connectivity index (χ1v) is 15.6. The third-order valence-electron chi connectivity index (χ3n) is 6.75. The largest absolute Gasteiger partial charge is 0.481 e. The van der Waals surface area contributed by atoms with Crippen molar-refractivity contribution in [3.63, 3.8) is 0 Å². The quantitative estimate of drug-likeness (QED) is 0.111. The monoisotopic (exact) mass is 575 g/mol. The summed E-state index contributed by atoms with van der Waals surface area (Å²) in [6, 6.07) is 0.662. The zero-order valence-corrected chi connectivity index (χ0v) is 24.4. The number of unbranched alkanes of at least 4 members (excludes halogenated alkanes) is 4. The van der Waals surface area contributed by atoms with Gasteiger partial charge in [-0.25, -0.2) is 4.79 Å². The number of rotatable bonds is 25.